The van der Waals surface area contributed by atoms with Gasteiger partial charge in [-0.25, -0.2) is 0 Å². The molecule has 128 valence electrons. The van der Waals surface area contributed by atoms with Crippen molar-refractivity contribution in [1.82, 2.24) is 10.2 Å². The fraction of sp³-hybridized carbons (Fsp3) is 0.353. The topological polar surface area (TPSA) is 85.4 Å². The smallest absolute Gasteiger partial charge is 0.257 e. The van der Waals surface area contributed by atoms with Crippen LogP contribution in [0, 0.1) is 0 Å². The molecule has 24 heavy (non-hydrogen) atoms. The Labute approximate surface area is 141 Å². The molecule has 1 aromatic carbocycles. The molecule has 0 aliphatic carbocycles. The summed E-state index contributed by atoms with van der Waals surface area (Å²) < 4.78 is 10.3. The molecule has 2 aromatic rings. The van der Waals surface area contributed by atoms with Crippen molar-refractivity contribution in [2.75, 3.05) is 31.4 Å². The van der Waals surface area contributed by atoms with E-state index in [1.165, 1.54) is 14.2 Å². The number of benzene rings is 1. The molecule has 0 bridgehead atoms. The maximum absolute atomic E-state index is 12.3. The Morgan fingerprint density at radius 2 is 1.67 bits per heavy atom. The lowest BCUT2D eigenvalue weighted by atomic mass is 10.2. The summed E-state index contributed by atoms with van der Waals surface area (Å²) in [6.07, 6.45) is 2.18. The third kappa shape index (κ3) is 4.84. The second-order valence-corrected chi connectivity index (χ2v) is 5.14. The summed E-state index contributed by atoms with van der Waals surface area (Å²) in [5.41, 5.74) is 0.415. The maximum Gasteiger partial charge on any atom is 0.257 e. The first-order valence-corrected chi connectivity index (χ1v) is 7.78. The number of nitrogens with zero attached hydrogens (tertiary/aromatic N) is 2. The van der Waals surface area contributed by atoms with Crippen molar-refractivity contribution in [1.29, 1.82) is 0 Å². The average Bonchev–Trinajstić information content (AvgIpc) is 2.62. The van der Waals surface area contributed by atoms with Gasteiger partial charge in [-0.3, -0.25) is 4.79 Å². The lowest BCUT2D eigenvalue weighted by Gasteiger charge is -2.09. The van der Waals surface area contributed by atoms with E-state index in [4.69, 9.17) is 9.47 Å². The van der Waals surface area contributed by atoms with E-state index in [1.807, 2.05) is 0 Å². The number of unbranched alkanes of at least 4 members (excludes halogenated alkanes) is 1. The number of amides is 1. The minimum Gasteiger partial charge on any atom is -0.497 e. The molecule has 0 unspecified atom stereocenters. The zero-order valence-electron chi connectivity index (χ0n) is 14.1. The van der Waals surface area contributed by atoms with Gasteiger partial charge in [-0.05, 0) is 30.7 Å². The number of hydrogen-bond acceptors (Lipinski definition) is 6. The fourth-order valence-corrected chi connectivity index (χ4v) is 2.01. The van der Waals surface area contributed by atoms with Gasteiger partial charge in [0.15, 0.2) is 5.82 Å². The van der Waals surface area contributed by atoms with Crippen molar-refractivity contribution in [3.05, 3.63) is 35.9 Å². The number of carbonyl (C=O) groups is 1. The summed E-state index contributed by atoms with van der Waals surface area (Å²) in [6, 6.07) is 8.45. The first-order valence-electron chi connectivity index (χ1n) is 7.78. The van der Waals surface area contributed by atoms with E-state index in [0.717, 1.165) is 19.4 Å². The highest BCUT2D eigenvalue weighted by Crippen LogP contribution is 2.23. The molecular formula is C17H22N4O3. The van der Waals surface area contributed by atoms with Crippen LogP contribution in [0.2, 0.25) is 0 Å². The van der Waals surface area contributed by atoms with Gasteiger partial charge in [0.2, 0.25) is 0 Å². The minimum absolute atomic E-state index is 0.312. The van der Waals surface area contributed by atoms with E-state index in [2.05, 4.69) is 27.8 Å². The molecule has 2 N–H and O–H groups in total. The lowest BCUT2D eigenvalue weighted by Crippen LogP contribution is -2.14. The summed E-state index contributed by atoms with van der Waals surface area (Å²) in [5, 5.41) is 13.9. The monoisotopic (exact) mass is 330 g/mol. The van der Waals surface area contributed by atoms with Crippen LogP contribution >= 0.6 is 0 Å². The highest BCUT2D eigenvalue weighted by Gasteiger charge is 2.11. The summed E-state index contributed by atoms with van der Waals surface area (Å²) in [7, 11) is 3.07. The van der Waals surface area contributed by atoms with Crippen molar-refractivity contribution >= 4 is 17.5 Å². The van der Waals surface area contributed by atoms with Gasteiger partial charge in [0.05, 0.1) is 14.2 Å². The van der Waals surface area contributed by atoms with Crippen LogP contribution in [0.25, 0.3) is 0 Å². The van der Waals surface area contributed by atoms with Crippen LogP contribution in [0.1, 0.15) is 30.1 Å². The van der Waals surface area contributed by atoms with E-state index in [-0.39, 0.29) is 5.91 Å². The summed E-state index contributed by atoms with van der Waals surface area (Å²) in [6.45, 7) is 2.97. The molecule has 0 atom stereocenters. The normalized spacial score (nSPS) is 10.1. The Hall–Kier alpha value is -2.83. The molecule has 7 nitrogen and oxygen atoms in total. The number of nitrogens with one attached hydrogen (secondary N) is 2. The molecule has 0 fully saturated rings. The van der Waals surface area contributed by atoms with Gasteiger partial charge in [0.25, 0.3) is 5.91 Å². The van der Waals surface area contributed by atoms with E-state index in [0.29, 0.717) is 28.7 Å². The summed E-state index contributed by atoms with van der Waals surface area (Å²) in [4.78, 5) is 12.3. The van der Waals surface area contributed by atoms with E-state index in [9.17, 15) is 4.79 Å². The Balaban J connectivity index is 2.04. The van der Waals surface area contributed by atoms with Crippen molar-refractivity contribution in [3.63, 3.8) is 0 Å². The molecule has 0 spiro atoms. The van der Waals surface area contributed by atoms with Gasteiger partial charge in [0, 0.05) is 18.2 Å². The fourth-order valence-electron chi connectivity index (χ4n) is 2.01. The molecule has 0 aliphatic heterocycles. The second kappa shape index (κ2) is 8.71. The predicted molar refractivity (Wildman–Crippen MR) is 92.9 cm³/mol. The Morgan fingerprint density at radius 1 is 1.04 bits per heavy atom. The zero-order chi connectivity index (χ0) is 17.4. The molecule has 2 rings (SSSR count). The number of anilines is 2. The number of hydrogen-bond donors (Lipinski definition) is 2. The van der Waals surface area contributed by atoms with Crippen LogP contribution in [0.15, 0.2) is 30.3 Å². The molecule has 1 amide bonds. The molecule has 1 heterocycles. The van der Waals surface area contributed by atoms with Gasteiger partial charge >= 0.3 is 0 Å². The van der Waals surface area contributed by atoms with Gasteiger partial charge < -0.3 is 20.1 Å². The molecule has 0 radical (unpaired) electrons. The van der Waals surface area contributed by atoms with Crippen LogP contribution in [-0.2, 0) is 0 Å². The van der Waals surface area contributed by atoms with Crippen LogP contribution in [0.4, 0.5) is 11.6 Å². The van der Waals surface area contributed by atoms with Crippen molar-refractivity contribution in [2.45, 2.75) is 19.8 Å². The number of carbonyl (C=O) groups excluding carboxylic acids is 1. The van der Waals surface area contributed by atoms with Crippen molar-refractivity contribution in [3.8, 4) is 11.5 Å². The molecular weight excluding hydrogens is 308 g/mol. The number of ether oxygens (including phenoxy) is 2. The largest absolute Gasteiger partial charge is 0.497 e. The number of rotatable bonds is 8. The summed E-state index contributed by atoms with van der Waals surface area (Å²) >= 11 is 0. The van der Waals surface area contributed by atoms with Gasteiger partial charge in [-0.2, -0.15) is 0 Å². The number of aromatic nitrogens is 2. The van der Waals surface area contributed by atoms with E-state index < -0.39 is 0 Å². The quantitative estimate of drug-likeness (QED) is 0.724. The van der Waals surface area contributed by atoms with Crippen LogP contribution in [-0.4, -0.2) is 36.9 Å². The standard InChI is InChI=1S/C17H22N4O3/c1-4-5-8-18-15-6-7-16(21-20-15)19-17(22)12-9-13(23-2)11-14(10-12)24-3/h6-7,9-11H,4-5,8H2,1-3H3,(H,18,20)(H,19,21,22). The van der Waals surface area contributed by atoms with Crippen molar-refractivity contribution in [2.24, 2.45) is 0 Å². The van der Waals surface area contributed by atoms with Gasteiger partial charge in [0.1, 0.15) is 17.3 Å². The van der Waals surface area contributed by atoms with Gasteiger partial charge in [-0.1, -0.05) is 13.3 Å². The molecule has 0 saturated carbocycles. The zero-order valence-corrected chi connectivity index (χ0v) is 14.1. The molecule has 1 aromatic heterocycles. The third-order valence-electron chi connectivity index (χ3n) is 3.36. The Bertz CT molecular complexity index is 652. The Morgan fingerprint density at radius 3 is 2.21 bits per heavy atom. The van der Waals surface area contributed by atoms with E-state index in [1.54, 1.807) is 30.3 Å². The van der Waals surface area contributed by atoms with E-state index >= 15 is 0 Å². The molecule has 0 aliphatic rings. The minimum atomic E-state index is -0.312. The van der Waals surface area contributed by atoms with Crippen LogP contribution < -0.4 is 20.1 Å². The highest BCUT2D eigenvalue weighted by atomic mass is 16.5. The maximum atomic E-state index is 12.3. The number of methoxy groups -OCH3 is 2. The Kier molecular flexibility index (Phi) is 6.36. The lowest BCUT2D eigenvalue weighted by molar-refractivity contribution is 0.102. The highest BCUT2D eigenvalue weighted by molar-refractivity contribution is 6.04. The third-order valence-corrected chi connectivity index (χ3v) is 3.36. The first-order chi connectivity index (χ1) is 11.7. The van der Waals surface area contributed by atoms with Gasteiger partial charge in [-0.15, -0.1) is 10.2 Å². The molecule has 0 saturated heterocycles. The van der Waals surface area contributed by atoms with Crippen molar-refractivity contribution < 1.29 is 14.3 Å². The SMILES string of the molecule is CCCCNc1ccc(NC(=O)c2cc(OC)cc(OC)c2)nn1. The summed E-state index contributed by atoms with van der Waals surface area (Å²) in [5.74, 6) is 1.84. The second-order valence-electron chi connectivity index (χ2n) is 5.14. The predicted octanol–water partition coefficient (Wildman–Crippen LogP) is 2.96. The first kappa shape index (κ1) is 17.5. The molecule has 7 heteroatoms. The van der Waals surface area contributed by atoms with Crippen LogP contribution in [0.3, 0.4) is 0 Å². The van der Waals surface area contributed by atoms with Crippen LogP contribution in [0.5, 0.6) is 11.5 Å². The average molecular weight is 330 g/mol.